The molecule has 0 amide bonds. The maximum atomic E-state index is 15.6. The smallest absolute Gasteiger partial charge is 0.318 e. The first kappa shape index (κ1) is 57.9. The van der Waals surface area contributed by atoms with Crippen molar-refractivity contribution >= 4 is 45.5 Å². The van der Waals surface area contributed by atoms with Crippen molar-refractivity contribution in [3.05, 3.63) is 131 Å². The van der Waals surface area contributed by atoms with E-state index in [1.807, 2.05) is 49.5 Å². The van der Waals surface area contributed by atoms with E-state index in [9.17, 15) is 40.2 Å². The Balaban J connectivity index is 0.944. The molecule has 3 aromatic heterocycles. The van der Waals surface area contributed by atoms with E-state index in [2.05, 4.69) is 56.0 Å². The van der Waals surface area contributed by atoms with Crippen molar-refractivity contribution in [2.24, 2.45) is 40.9 Å². The van der Waals surface area contributed by atoms with E-state index >= 15 is 4.79 Å². The van der Waals surface area contributed by atoms with Crippen molar-refractivity contribution in [1.29, 1.82) is 0 Å². The number of rotatable bonds is 9. The van der Waals surface area contributed by atoms with Crippen molar-refractivity contribution in [3.63, 3.8) is 0 Å². The number of methoxy groups -OCH3 is 1. The quantitative estimate of drug-likeness (QED) is 0.0371. The largest absolute Gasteiger partial charge is 0.508 e. The van der Waals surface area contributed by atoms with Crippen LogP contribution in [0.4, 0.5) is 0 Å². The van der Waals surface area contributed by atoms with E-state index in [0.29, 0.717) is 51.4 Å². The van der Waals surface area contributed by atoms with Crippen LogP contribution in [-0.2, 0) is 38.4 Å². The molecule has 0 unspecified atom stereocenters. The number of aldehydes is 1. The first-order valence-corrected chi connectivity index (χ1v) is 31.7. The minimum Gasteiger partial charge on any atom is -0.508 e. The lowest BCUT2D eigenvalue weighted by atomic mass is 9.46. The second-order valence-electron chi connectivity index (χ2n) is 26.7. The SMILES string of the molecule is COc1cc2c(cc1O)C1=C[C@H]3C[C@]4(C[C@@]5(C[C@H]4C=O)N[C@H]([C@H](C)O)C[C@@H]4CCc6ccc(O)cc6-c6cc7[nH]ccc7n6[C@@H]45)[C@H]4C[C@@H](O)CC[C@@H]4[C@H]3[C@@H]2CC(=O)C[C@@H](CCc2ccc(O)c(OCCO)c2)OC(=O)CC#CCc2c1[nH]c1ccccc21. The van der Waals surface area contributed by atoms with Gasteiger partial charge in [-0.3, -0.25) is 9.59 Å². The van der Waals surface area contributed by atoms with Gasteiger partial charge in [0.1, 0.15) is 37.0 Å². The number of H-pyrrole nitrogens is 2. The van der Waals surface area contributed by atoms with Crippen LogP contribution in [0, 0.1) is 52.8 Å². The number of esters is 1. The van der Waals surface area contributed by atoms with Crippen LogP contribution in [0.3, 0.4) is 0 Å². The van der Waals surface area contributed by atoms with Gasteiger partial charge in [-0.25, -0.2) is 0 Å². The van der Waals surface area contributed by atoms with Gasteiger partial charge in [0.2, 0.25) is 0 Å². The number of ether oxygens (including phenoxy) is 3. The summed E-state index contributed by atoms with van der Waals surface area (Å²) >= 11 is 0. The Bertz CT molecular complexity index is 3970. The zero-order valence-corrected chi connectivity index (χ0v) is 49.8. The molecule has 16 heteroatoms. The monoisotopic (exact) mass is 1190 g/mol. The van der Waals surface area contributed by atoms with Gasteiger partial charge in [0.05, 0.1) is 54.4 Å². The van der Waals surface area contributed by atoms with Gasteiger partial charge < -0.3 is 69.5 Å². The standard InChI is InChI=1S/C72H78N4O12/c1-39(79)59-27-42-14-13-41-15-16-45(80)29-52(41)62-34-60-61(21-22-73-60)76(62)70(42)72(75-59)36-44(37-78)71(38-72)35-43-26-56-53-32-64(84)65(86-2)33-54(53)55(68(43)51-19-17-46(81)31-57(51)71)30-47(82)28-48(18-11-40-12-20-63(83)66(25-40)87-24-23-77)88-67(85)10-6-4-8-50-49-7-3-5-9-58(49)74-69(50)56/h3,5,7,9,12,15-16,20-22,25-26,29,32-34,37,39,42-44,46,48,51,55,57,59,68,70,73-75,77,79-81,83-84H,8,10-11,13-14,17-19,23-24,27-28,30-31,35-36,38H2,1-2H3/t39-,42-,43-,44-,46-,48+,51-,55+,57-,59-,68-,70-,71+,72+/m0/s1. The number of benzene rings is 4. The molecule has 9 N–H and O–H groups in total. The van der Waals surface area contributed by atoms with Crippen molar-refractivity contribution in [1.82, 2.24) is 19.9 Å². The summed E-state index contributed by atoms with van der Waals surface area (Å²) in [5.74, 6) is 4.60. The molecule has 14 atom stereocenters. The fraction of sp³-hybridized carbons (Fsp3) is 0.458. The van der Waals surface area contributed by atoms with Crippen LogP contribution in [-0.4, -0.2) is 113 Å². The van der Waals surface area contributed by atoms with E-state index in [-0.39, 0.29) is 122 Å². The molecule has 6 heterocycles. The van der Waals surface area contributed by atoms with E-state index < -0.39 is 47.1 Å². The summed E-state index contributed by atoms with van der Waals surface area (Å²) < 4.78 is 20.3. The number of aliphatic hydroxyl groups is 3. The molecule has 3 saturated carbocycles. The van der Waals surface area contributed by atoms with Crippen LogP contribution < -0.4 is 14.8 Å². The minimum atomic E-state index is -0.845. The van der Waals surface area contributed by atoms with Crippen molar-refractivity contribution in [2.45, 2.75) is 145 Å². The van der Waals surface area contributed by atoms with Crippen LogP contribution in [0.1, 0.15) is 129 Å². The van der Waals surface area contributed by atoms with Crippen LogP contribution in [0.25, 0.3) is 38.8 Å². The Morgan fingerprint density at radius 2 is 1.75 bits per heavy atom. The molecule has 16 nitrogen and oxygen atoms in total. The number of nitrogens with zero attached hydrogens (tertiary/aromatic N) is 1. The summed E-state index contributed by atoms with van der Waals surface area (Å²) in [7, 11) is 1.53. The molecule has 1 saturated heterocycles. The molecule has 2 spiro atoms. The number of carbonyl (C=O) groups is 3. The summed E-state index contributed by atoms with van der Waals surface area (Å²) in [6.45, 7) is 1.62. The highest BCUT2D eigenvalue weighted by molar-refractivity contribution is 5.95. The maximum Gasteiger partial charge on any atom is 0.318 e. The van der Waals surface area contributed by atoms with Crippen molar-refractivity contribution in [3.8, 4) is 51.8 Å². The third-order valence-corrected chi connectivity index (χ3v) is 21.9. The molecule has 4 fully saturated rings. The van der Waals surface area contributed by atoms with Gasteiger partial charge in [-0.15, -0.1) is 0 Å². The van der Waals surface area contributed by atoms with E-state index in [1.165, 1.54) is 19.5 Å². The lowest BCUT2D eigenvalue weighted by molar-refractivity contribution is -0.149. The number of hydrogen-bond donors (Lipinski definition) is 9. The summed E-state index contributed by atoms with van der Waals surface area (Å²) in [5, 5.41) is 72.4. The molecule has 458 valence electrons. The Kier molecular flexibility index (Phi) is 15.1. The number of nitrogens with one attached hydrogen (secondary N) is 3. The lowest BCUT2D eigenvalue weighted by Gasteiger charge is -2.59. The van der Waals surface area contributed by atoms with E-state index in [1.54, 1.807) is 24.3 Å². The molecule has 0 radical (unpaired) electrons. The van der Waals surface area contributed by atoms with Gasteiger partial charge in [-0.05, 0) is 201 Å². The number of hydrogen-bond acceptors (Lipinski definition) is 13. The fourth-order valence-corrected chi connectivity index (χ4v) is 18.5. The normalized spacial score (nSPS) is 30.4. The molecule has 7 aliphatic rings. The van der Waals surface area contributed by atoms with Gasteiger partial charge in [0, 0.05) is 65.0 Å². The number of cyclic esters (lactones) is 1. The Morgan fingerprint density at radius 3 is 2.58 bits per heavy atom. The summed E-state index contributed by atoms with van der Waals surface area (Å²) in [6, 6.07) is 26.2. The predicted octanol–water partition coefficient (Wildman–Crippen LogP) is 10.3. The fourth-order valence-electron chi connectivity index (χ4n) is 18.5. The number of piperidine rings is 1. The number of aromatic hydroxyl groups is 3. The number of Topliss-reactive ketones (excluding diaryl/α,β-unsaturated/α-hetero) is 1. The first-order chi connectivity index (χ1) is 42.7. The van der Waals surface area contributed by atoms with Crippen molar-refractivity contribution in [2.75, 3.05) is 20.3 Å². The summed E-state index contributed by atoms with van der Waals surface area (Å²) in [5.41, 5.74) is 9.44. The van der Waals surface area contributed by atoms with Crippen LogP contribution in [0.2, 0.25) is 0 Å². The lowest BCUT2D eigenvalue weighted by Crippen LogP contribution is -2.64. The van der Waals surface area contributed by atoms with Gasteiger partial charge >= 0.3 is 5.97 Å². The molecule has 4 aromatic carbocycles. The predicted molar refractivity (Wildman–Crippen MR) is 332 cm³/mol. The number of ketones is 1. The molecular formula is C72H78N4O12. The number of aromatic nitrogens is 3. The van der Waals surface area contributed by atoms with E-state index in [4.69, 9.17) is 14.2 Å². The zero-order valence-electron chi connectivity index (χ0n) is 49.8. The number of aromatic amines is 2. The topological polar surface area (TPSA) is 249 Å². The third kappa shape index (κ3) is 9.97. The number of para-hydroxylation sites is 1. The average molecular weight is 1190 g/mol. The molecule has 3 aliphatic heterocycles. The van der Waals surface area contributed by atoms with E-state index in [0.717, 1.165) is 85.1 Å². The number of carbonyl (C=O) groups excluding carboxylic acids is 3. The van der Waals surface area contributed by atoms with Crippen LogP contribution >= 0.6 is 0 Å². The Hall–Kier alpha value is -7.81. The molecular weight excluding hydrogens is 1110 g/mol. The number of fused-ring (bicyclic) bond motifs is 17. The van der Waals surface area contributed by atoms with Crippen LogP contribution in [0.15, 0.2) is 97.2 Å². The van der Waals surface area contributed by atoms with Gasteiger partial charge in [-0.2, -0.15) is 0 Å². The minimum absolute atomic E-state index is 0.0109. The average Bonchev–Trinajstić information content (AvgIpc) is 1.50. The molecule has 7 aromatic rings. The zero-order chi connectivity index (χ0) is 60.8. The van der Waals surface area contributed by atoms with Crippen molar-refractivity contribution < 1.29 is 59.2 Å². The number of aryl methyl sites for hydroxylation is 2. The highest BCUT2D eigenvalue weighted by atomic mass is 16.5. The number of allylic oxidation sites excluding steroid dienone is 1. The number of phenols is 3. The summed E-state index contributed by atoms with van der Waals surface area (Å²) in [4.78, 5) is 51.6. The second-order valence-corrected chi connectivity index (χ2v) is 26.7. The summed E-state index contributed by atoms with van der Waals surface area (Å²) in [6.07, 6.45) is 9.57. The molecule has 2 bridgehead atoms. The first-order valence-electron chi connectivity index (χ1n) is 31.7. The maximum absolute atomic E-state index is 15.6. The highest BCUT2D eigenvalue weighted by Gasteiger charge is 2.68. The molecule has 14 rings (SSSR count). The number of phenolic OH excluding ortho intramolecular Hbond substituents is 3. The second kappa shape index (κ2) is 23.0. The third-order valence-electron chi connectivity index (χ3n) is 21.9. The molecule has 88 heavy (non-hydrogen) atoms. The Morgan fingerprint density at radius 1 is 0.898 bits per heavy atom. The number of aliphatic hydroxyl groups excluding tert-OH is 3. The highest BCUT2D eigenvalue weighted by Crippen LogP contribution is 2.71. The Labute approximate surface area is 511 Å². The van der Waals surface area contributed by atoms with Gasteiger partial charge in [0.15, 0.2) is 23.0 Å². The van der Waals surface area contributed by atoms with Gasteiger partial charge in [-0.1, -0.05) is 48.2 Å². The molecule has 4 aliphatic carbocycles. The van der Waals surface area contributed by atoms with Crippen LogP contribution in [0.5, 0.6) is 28.7 Å². The van der Waals surface area contributed by atoms with Gasteiger partial charge in [0.25, 0.3) is 0 Å².